The molecule has 3 atom stereocenters. The molecule has 0 spiro atoms. The molecule has 0 fully saturated rings. The van der Waals surface area contributed by atoms with Crippen molar-refractivity contribution in [1.29, 1.82) is 0 Å². The van der Waals surface area contributed by atoms with Crippen LogP contribution >= 0.6 is 0 Å². The van der Waals surface area contributed by atoms with Gasteiger partial charge >= 0.3 is 12.1 Å². The lowest BCUT2D eigenvalue weighted by atomic mass is 9.90. The van der Waals surface area contributed by atoms with Gasteiger partial charge in [0, 0.05) is 0 Å². The van der Waals surface area contributed by atoms with Gasteiger partial charge in [0.1, 0.15) is 5.60 Å². The van der Waals surface area contributed by atoms with Crippen LogP contribution in [0.1, 0.15) is 66.9 Å². The number of aliphatic carboxylic acids is 1. The van der Waals surface area contributed by atoms with Crippen molar-refractivity contribution in [2.45, 2.75) is 104 Å². The molecule has 0 saturated heterocycles. The summed E-state index contributed by atoms with van der Waals surface area (Å²) in [4.78, 5) is 24.9. The third-order valence-electron chi connectivity index (χ3n) is 6.16. The number of ether oxygens (including phenoxy) is 1. The summed E-state index contributed by atoms with van der Waals surface area (Å²) in [5.74, 6) is -1.55. The minimum Gasteiger partial charge on any atom is -0.481 e. The number of carboxylic acid groups (broad SMARTS) is 1. The standard InChI is InChI=1S/C27H45NO5Si/c1-19(2)16-21(24(29)30)18-23(33-34(9,10)27(6,7)8)22(17-20-14-12-11-13-15-20)28-25(31)32-26(3,4)5/h11-15,21-23H,1,16-18H2,2-10H3,(H,28,31)(H,29,30)/t21-,22+,23+/m1/s1. The maximum Gasteiger partial charge on any atom is 0.407 e. The number of carbonyl (C=O) groups excluding carboxylic acids is 1. The third kappa shape index (κ3) is 10.4. The summed E-state index contributed by atoms with van der Waals surface area (Å²) in [6, 6.07) is 9.37. The zero-order valence-electron chi connectivity index (χ0n) is 22.5. The molecule has 0 aromatic heterocycles. The van der Waals surface area contributed by atoms with Gasteiger partial charge in [-0.15, -0.1) is 6.58 Å². The van der Waals surface area contributed by atoms with Gasteiger partial charge in [-0.05, 0) is 70.7 Å². The molecule has 0 aliphatic rings. The van der Waals surface area contributed by atoms with E-state index in [-0.39, 0.29) is 11.5 Å². The van der Waals surface area contributed by atoms with Gasteiger partial charge < -0.3 is 19.6 Å². The highest BCUT2D eigenvalue weighted by molar-refractivity contribution is 6.74. The lowest BCUT2D eigenvalue weighted by molar-refractivity contribution is -0.142. The highest BCUT2D eigenvalue weighted by Crippen LogP contribution is 2.39. The number of nitrogens with one attached hydrogen (secondary N) is 1. The number of carbonyl (C=O) groups is 2. The molecule has 192 valence electrons. The van der Waals surface area contributed by atoms with Crippen LogP contribution < -0.4 is 5.32 Å². The predicted octanol–water partition coefficient (Wildman–Crippen LogP) is 6.57. The van der Waals surface area contributed by atoms with Crippen molar-refractivity contribution in [3.63, 3.8) is 0 Å². The van der Waals surface area contributed by atoms with Crippen molar-refractivity contribution >= 4 is 20.4 Å². The van der Waals surface area contributed by atoms with E-state index in [0.717, 1.165) is 11.1 Å². The van der Waals surface area contributed by atoms with Crippen LogP contribution in [0.5, 0.6) is 0 Å². The largest absolute Gasteiger partial charge is 0.481 e. The Morgan fingerprint density at radius 1 is 1.09 bits per heavy atom. The number of rotatable bonds is 11. The van der Waals surface area contributed by atoms with Crippen molar-refractivity contribution in [3.8, 4) is 0 Å². The van der Waals surface area contributed by atoms with Crippen LogP contribution in [0.25, 0.3) is 0 Å². The molecule has 0 heterocycles. The predicted molar refractivity (Wildman–Crippen MR) is 141 cm³/mol. The van der Waals surface area contributed by atoms with Crippen LogP contribution in [0.3, 0.4) is 0 Å². The molecule has 0 aliphatic carbocycles. The van der Waals surface area contributed by atoms with Gasteiger partial charge in [-0.3, -0.25) is 4.79 Å². The Bertz CT molecular complexity index is 824. The smallest absolute Gasteiger partial charge is 0.407 e. The first-order chi connectivity index (χ1) is 15.4. The Balaban J connectivity index is 3.42. The van der Waals surface area contributed by atoms with E-state index in [9.17, 15) is 14.7 Å². The Hall–Kier alpha value is -2.12. The molecule has 1 amide bonds. The van der Waals surface area contributed by atoms with Gasteiger partial charge in [0.15, 0.2) is 8.32 Å². The third-order valence-corrected chi connectivity index (χ3v) is 10.7. The molecule has 0 aliphatic heterocycles. The van der Waals surface area contributed by atoms with E-state index < -0.39 is 44.0 Å². The molecule has 1 aromatic rings. The Morgan fingerprint density at radius 2 is 1.65 bits per heavy atom. The fraction of sp³-hybridized carbons (Fsp3) is 0.630. The molecule has 34 heavy (non-hydrogen) atoms. The summed E-state index contributed by atoms with van der Waals surface area (Å²) in [5.41, 5.74) is 1.18. The average Bonchev–Trinajstić information content (AvgIpc) is 2.64. The Labute approximate surface area is 207 Å². The summed E-state index contributed by atoms with van der Waals surface area (Å²) in [7, 11) is -2.29. The zero-order chi connectivity index (χ0) is 26.3. The lowest BCUT2D eigenvalue weighted by Crippen LogP contribution is -2.54. The van der Waals surface area contributed by atoms with Gasteiger partial charge in [0.05, 0.1) is 18.1 Å². The Kier molecular flexibility index (Phi) is 10.6. The van der Waals surface area contributed by atoms with Crippen LogP contribution in [0.4, 0.5) is 4.79 Å². The monoisotopic (exact) mass is 491 g/mol. The maximum atomic E-state index is 12.8. The van der Waals surface area contributed by atoms with Gasteiger partial charge in [-0.25, -0.2) is 4.79 Å². The summed E-state index contributed by atoms with van der Waals surface area (Å²) < 4.78 is 12.4. The lowest BCUT2D eigenvalue weighted by Gasteiger charge is -2.42. The van der Waals surface area contributed by atoms with Crippen LogP contribution in [0.15, 0.2) is 42.5 Å². The fourth-order valence-corrected chi connectivity index (χ4v) is 4.80. The summed E-state index contributed by atoms with van der Waals surface area (Å²) in [6.45, 7) is 21.9. The number of carboxylic acids is 1. The molecular formula is C27H45NO5Si. The van der Waals surface area contributed by atoms with Gasteiger partial charge in [0.25, 0.3) is 0 Å². The van der Waals surface area contributed by atoms with Crippen LogP contribution in [-0.4, -0.2) is 43.2 Å². The number of benzene rings is 1. The number of hydrogen-bond donors (Lipinski definition) is 2. The summed E-state index contributed by atoms with van der Waals surface area (Å²) in [5, 5.41) is 12.9. The molecule has 0 radical (unpaired) electrons. The van der Waals surface area contributed by atoms with Crippen LogP contribution in [0.2, 0.25) is 18.1 Å². The van der Waals surface area contributed by atoms with E-state index in [2.05, 4.69) is 45.8 Å². The Morgan fingerprint density at radius 3 is 2.09 bits per heavy atom. The van der Waals surface area contributed by atoms with E-state index >= 15 is 0 Å². The maximum absolute atomic E-state index is 12.8. The SMILES string of the molecule is C=C(C)C[C@H](C[C@H](O[Si](C)(C)C(C)(C)C)[C@H](Cc1ccccc1)NC(=O)OC(C)(C)C)C(=O)O. The number of alkyl carbamates (subject to hydrolysis) is 1. The topological polar surface area (TPSA) is 84.9 Å². The minimum absolute atomic E-state index is 0.0818. The molecule has 7 heteroatoms. The normalized spacial score (nSPS) is 15.2. The van der Waals surface area contributed by atoms with E-state index in [0.29, 0.717) is 12.8 Å². The molecule has 6 nitrogen and oxygen atoms in total. The second kappa shape index (κ2) is 12.0. The molecular weight excluding hydrogens is 446 g/mol. The summed E-state index contributed by atoms with van der Waals surface area (Å²) >= 11 is 0. The van der Waals surface area contributed by atoms with E-state index in [1.807, 2.05) is 58.0 Å². The van der Waals surface area contributed by atoms with Crippen molar-refractivity contribution in [2.24, 2.45) is 5.92 Å². The highest BCUT2D eigenvalue weighted by Gasteiger charge is 2.42. The first-order valence-corrected chi connectivity index (χ1v) is 14.9. The second-order valence-electron chi connectivity index (χ2n) is 11.8. The fourth-order valence-electron chi connectivity index (χ4n) is 3.42. The molecule has 0 bridgehead atoms. The molecule has 0 saturated carbocycles. The van der Waals surface area contributed by atoms with E-state index in [4.69, 9.17) is 9.16 Å². The van der Waals surface area contributed by atoms with Crippen molar-refractivity contribution in [1.82, 2.24) is 5.32 Å². The van der Waals surface area contributed by atoms with Crippen molar-refractivity contribution < 1.29 is 23.9 Å². The molecule has 1 aromatic carbocycles. The van der Waals surface area contributed by atoms with E-state index in [1.165, 1.54) is 0 Å². The minimum atomic E-state index is -2.29. The molecule has 1 rings (SSSR count). The van der Waals surface area contributed by atoms with Crippen LogP contribution in [-0.2, 0) is 20.4 Å². The number of hydrogen-bond acceptors (Lipinski definition) is 4. The van der Waals surface area contributed by atoms with Crippen molar-refractivity contribution in [2.75, 3.05) is 0 Å². The average molecular weight is 492 g/mol. The molecule has 0 unspecified atom stereocenters. The first kappa shape index (κ1) is 29.9. The second-order valence-corrected chi connectivity index (χ2v) is 16.5. The van der Waals surface area contributed by atoms with Crippen molar-refractivity contribution in [3.05, 3.63) is 48.0 Å². The summed E-state index contributed by atoms with van der Waals surface area (Å²) in [6.07, 6.45) is 0.0796. The molecule has 2 N–H and O–H groups in total. The van der Waals surface area contributed by atoms with E-state index in [1.54, 1.807) is 0 Å². The number of allylic oxidation sites excluding steroid dienone is 1. The first-order valence-electron chi connectivity index (χ1n) is 12.0. The highest BCUT2D eigenvalue weighted by atomic mass is 28.4. The zero-order valence-corrected chi connectivity index (χ0v) is 23.5. The van der Waals surface area contributed by atoms with Gasteiger partial charge in [0.2, 0.25) is 0 Å². The van der Waals surface area contributed by atoms with Gasteiger partial charge in [-0.1, -0.05) is 56.7 Å². The quantitative estimate of drug-likeness (QED) is 0.270. The van der Waals surface area contributed by atoms with Gasteiger partial charge in [-0.2, -0.15) is 0 Å². The number of amides is 1. The van der Waals surface area contributed by atoms with Crippen LogP contribution in [0, 0.1) is 5.92 Å².